The van der Waals surface area contributed by atoms with Crippen LogP contribution in [0, 0.1) is 0 Å². The summed E-state index contributed by atoms with van der Waals surface area (Å²) in [6.45, 7) is 4.80. The molecule has 8 nitrogen and oxygen atoms in total. The van der Waals surface area contributed by atoms with Crippen molar-refractivity contribution in [2.75, 3.05) is 20.2 Å². The van der Waals surface area contributed by atoms with Crippen molar-refractivity contribution < 1.29 is 19.4 Å². The van der Waals surface area contributed by atoms with E-state index in [1.54, 1.807) is 19.2 Å². The summed E-state index contributed by atoms with van der Waals surface area (Å²) in [5, 5.41) is 18.8. The lowest BCUT2D eigenvalue weighted by Gasteiger charge is -2.28. The van der Waals surface area contributed by atoms with Crippen LogP contribution in [0.25, 0.3) is 21.8 Å². The van der Waals surface area contributed by atoms with E-state index in [0.717, 1.165) is 39.5 Å². The first-order valence-corrected chi connectivity index (χ1v) is 13.3. The molecule has 5 aromatic rings. The van der Waals surface area contributed by atoms with Crippen LogP contribution in [0.15, 0.2) is 85.1 Å². The maximum Gasteiger partial charge on any atom is 0.252 e. The number of aliphatic hydroxyl groups excluding tert-OH is 1. The average molecular weight is 539 g/mol. The Labute approximate surface area is 233 Å². The molecule has 0 saturated heterocycles. The quantitative estimate of drug-likeness (QED) is 0.184. The summed E-state index contributed by atoms with van der Waals surface area (Å²) < 4.78 is 11.9. The van der Waals surface area contributed by atoms with Crippen molar-refractivity contribution in [1.82, 2.24) is 20.6 Å². The van der Waals surface area contributed by atoms with Gasteiger partial charge < -0.3 is 30.2 Å². The van der Waals surface area contributed by atoms with E-state index < -0.39 is 6.10 Å². The van der Waals surface area contributed by atoms with Crippen LogP contribution >= 0.6 is 0 Å². The molecule has 0 saturated carbocycles. The van der Waals surface area contributed by atoms with E-state index in [2.05, 4.69) is 40.5 Å². The van der Waals surface area contributed by atoms with Gasteiger partial charge in [0, 0.05) is 47.7 Å². The lowest BCUT2D eigenvalue weighted by atomic mass is 9.94. The number of nitrogens with one attached hydrogen (secondary N) is 3. The Hall–Kier alpha value is -4.40. The molecular weight excluding hydrogens is 504 g/mol. The number of pyridine rings is 1. The van der Waals surface area contributed by atoms with Gasteiger partial charge in [-0.05, 0) is 62.2 Å². The summed E-state index contributed by atoms with van der Waals surface area (Å²) in [5.41, 5.74) is 3.43. The van der Waals surface area contributed by atoms with Crippen molar-refractivity contribution in [3.8, 4) is 17.4 Å². The molecule has 3 aromatic carbocycles. The smallest absolute Gasteiger partial charge is 0.252 e. The van der Waals surface area contributed by atoms with Crippen LogP contribution in [0.1, 0.15) is 29.8 Å². The number of benzene rings is 3. The van der Waals surface area contributed by atoms with Gasteiger partial charge in [-0.2, -0.15) is 0 Å². The number of ether oxygens (including phenoxy) is 2. The Morgan fingerprint density at radius 1 is 1.00 bits per heavy atom. The summed E-state index contributed by atoms with van der Waals surface area (Å²) in [4.78, 5) is 19.3. The third-order valence-electron chi connectivity index (χ3n) is 6.76. The molecule has 0 spiro atoms. The molecule has 5 rings (SSSR count). The van der Waals surface area contributed by atoms with Crippen LogP contribution in [0.3, 0.4) is 0 Å². The van der Waals surface area contributed by atoms with Gasteiger partial charge in [-0.25, -0.2) is 4.98 Å². The number of H-pyrrole nitrogens is 1. The van der Waals surface area contributed by atoms with E-state index in [4.69, 9.17) is 9.47 Å². The van der Waals surface area contributed by atoms with E-state index in [0.29, 0.717) is 23.7 Å². The second kappa shape index (κ2) is 11.8. The minimum absolute atomic E-state index is 0.186. The second-order valence-corrected chi connectivity index (χ2v) is 10.5. The predicted octanol–water partition coefficient (Wildman–Crippen LogP) is 5.22. The zero-order valence-corrected chi connectivity index (χ0v) is 22.9. The van der Waals surface area contributed by atoms with Crippen LogP contribution in [-0.2, 0) is 6.42 Å². The number of aromatic nitrogens is 2. The number of aromatic amines is 1. The summed E-state index contributed by atoms with van der Waals surface area (Å²) in [6.07, 6.45) is 1.57. The van der Waals surface area contributed by atoms with Crippen LogP contribution < -0.4 is 20.1 Å². The van der Waals surface area contributed by atoms with Gasteiger partial charge in [-0.15, -0.1) is 0 Å². The molecule has 206 valence electrons. The van der Waals surface area contributed by atoms with Crippen LogP contribution in [-0.4, -0.2) is 52.8 Å². The molecular formula is C32H34N4O4. The van der Waals surface area contributed by atoms with E-state index in [1.165, 1.54) is 6.20 Å². The first-order chi connectivity index (χ1) is 19.3. The molecule has 0 aliphatic rings. The lowest BCUT2D eigenvalue weighted by Crippen LogP contribution is -2.46. The molecule has 1 unspecified atom stereocenters. The number of nitrogens with zero attached hydrogens (tertiary/aromatic N) is 1. The first-order valence-electron chi connectivity index (χ1n) is 13.3. The van der Waals surface area contributed by atoms with Gasteiger partial charge in [0.25, 0.3) is 5.91 Å². The number of hydrogen-bond acceptors (Lipinski definition) is 6. The molecule has 0 radical (unpaired) electrons. The van der Waals surface area contributed by atoms with Gasteiger partial charge in [0.05, 0.1) is 11.1 Å². The SMILES string of the molecule is CNC(=O)c1ccc(Oc2ccc(CC(C)(C)NCC(O)COc3cccc4[nH]c5ccccc5c34)cc2)nc1. The van der Waals surface area contributed by atoms with E-state index in [9.17, 15) is 9.90 Å². The van der Waals surface area contributed by atoms with Gasteiger partial charge in [-0.1, -0.05) is 36.4 Å². The molecule has 0 bridgehead atoms. The van der Waals surface area contributed by atoms with Gasteiger partial charge in [0.1, 0.15) is 24.2 Å². The highest BCUT2D eigenvalue weighted by Gasteiger charge is 2.20. The molecule has 8 heteroatoms. The topological polar surface area (TPSA) is 109 Å². The normalized spacial score (nSPS) is 12.4. The number of β-amino-alcohol motifs (C(OH)–C–C–N with tert-alkyl or cyclic N) is 1. The molecule has 40 heavy (non-hydrogen) atoms. The van der Waals surface area contributed by atoms with E-state index >= 15 is 0 Å². The van der Waals surface area contributed by atoms with Gasteiger partial charge in [-0.3, -0.25) is 4.79 Å². The number of rotatable bonds is 11. The minimum Gasteiger partial charge on any atom is -0.490 e. The largest absolute Gasteiger partial charge is 0.490 e. The Bertz CT molecular complexity index is 1590. The van der Waals surface area contributed by atoms with Crippen molar-refractivity contribution in [3.63, 3.8) is 0 Å². The van der Waals surface area contributed by atoms with Crippen molar-refractivity contribution >= 4 is 27.7 Å². The maximum absolute atomic E-state index is 11.7. The van der Waals surface area contributed by atoms with Gasteiger partial charge in [0.15, 0.2) is 0 Å². The Balaban J connectivity index is 1.12. The van der Waals surface area contributed by atoms with Crippen molar-refractivity contribution in [3.05, 3.63) is 96.2 Å². The molecule has 0 fully saturated rings. The molecule has 0 aliphatic heterocycles. The highest BCUT2D eigenvalue weighted by molar-refractivity contribution is 6.10. The first kappa shape index (κ1) is 27.2. The monoisotopic (exact) mass is 538 g/mol. The highest BCUT2D eigenvalue weighted by atomic mass is 16.5. The standard InChI is InChI=1S/C32H34N4O4/c1-32(2,17-21-11-14-24(15-12-21)40-29-16-13-22(18-34-29)31(38)33-3)35-19-23(37)20-39-28-10-6-9-27-30(28)25-7-4-5-8-26(25)36-27/h4-16,18,23,35-37H,17,19-20H2,1-3H3,(H,33,38). The fourth-order valence-electron chi connectivity index (χ4n) is 4.72. The number of hydrogen-bond donors (Lipinski definition) is 4. The summed E-state index contributed by atoms with van der Waals surface area (Å²) in [7, 11) is 1.58. The third-order valence-corrected chi connectivity index (χ3v) is 6.76. The maximum atomic E-state index is 11.7. The number of para-hydroxylation sites is 1. The van der Waals surface area contributed by atoms with Crippen molar-refractivity contribution in [2.24, 2.45) is 0 Å². The molecule has 1 atom stereocenters. The third kappa shape index (κ3) is 6.42. The van der Waals surface area contributed by atoms with Crippen LogP contribution in [0.2, 0.25) is 0 Å². The number of amides is 1. The number of carbonyl (C=O) groups is 1. The Kier molecular flexibility index (Phi) is 8.00. The second-order valence-electron chi connectivity index (χ2n) is 10.5. The van der Waals surface area contributed by atoms with Crippen molar-refractivity contribution in [1.29, 1.82) is 0 Å². The number of fused-ring (bicyclic) bond motifs is 3. The van der Waals surface area contributed by atoms with Crippen molar-refractivity contribution in [2.45, 2.75) is 31.9 Å². The summed E-state index contributed by atoms with van der Waals surface area (Å²) in [6, 6.07) is 25.2. The lowest BCUT2D eigenvalue weighted by molar-refractivity contribution is 0.0962. The van der Waals surface area contributed by atoms with Crippen LogP contribution in [0.4, 0.5) is 0 Å². The molecule has 0 aliphatic carbocycles. The fraction of sp³-hybridized carbons (Fsp3) is 0.250. The Morgan fingerprint density at radius 3 is 2.52 bits per heavy atom. The fourth-order valence-corrected chi connectivity index (χ4v) is 4.72. The summed E-state index contributed by atoms with van der Waals surface area (Å²) >= 11 is 0. The average Bonchev–Trinajstić information content (AvgIpc) is 3.35. The summed E-state index contributed by atoms with van der Waals surface area (Å²) in [5.74, 6) is 1.64. The predicted molar refractivity (Wildman–Crippen MR) is 157 cm³/mol. The molecule has 4 N–H and O–H groups in total. The van der Waals surface area contributed by atoms with Gasteiger partial charge in [0.2, 0.25) is 5.88 Å². The van der Waals surface area contributed by atoms with Crippen LogP contribution in [0.5, 0.6) is 17.4 Å². The minimum atomic E-state index is -0.669. The Morgan fingerprint density at radius 2 is 1.77 bits per heavy atom. The number of aliphatic hydroxyl groups is 1. The molecule has 2 aromatic heterocycles. The zero-order valence-electron chi connectivity index (χ0n) is 22.9. The van der Waals surface area contributed by atoms with E-state index in [1.807, 2.05) is 60.7 Å². The molecule has 1 amide bonds. The van der Waals surface area contributed by atoms with Gasteiger partial charge >= 0.3 is 0 Å². The zero-order chi connectivity index (χ0) is 28.1. The molecule has 2 heterocycles. The highest BCUT2D eigenvalue weighted by Crippen LogP contribution is 2.33. The van der Waals surface area contributed by atoms with E-state index in [-0.39, 0.29) is 18.1 Å². The number of carbonyl (C=O) groups excluding carboxylic acids is 1.